The molecule has 182 valence electrons. The van der Waals surface area contributed by atoms with E-state index in [-0.39, 0.29) is 5.91 Å². The summed E-state index contributed by atoms with van der Waals surface area (Å²) in [6.07, 6.45) is 1.39. The first-order chi connectivity index (χ1) is 15.2. The van der Waals surface area contributed by atoms with Crippen molar-refractivity contribution in [3.8, 4) is 0 Å². The molecule has 1 amide bonds. The lowest BCUT2D eigenvalue weighted by Crippen LogP contribution is -2.50. The number of likely N-dealkylation sites (tertiary alicyclic amines) is 1. The van der Waals surface area contributed by atoms with Crippen LogP contribution < -0.4 is 10.6 Å². The lowest BCUT2D eigenvalue weighted by molar-refractivity contribution is -0.124. The summed E-state index contributed by atoms with van der Waals surface area (Å²) < 4.78 is 0. The van der Waals surface area contributed by atoms with Crippen molar-refractivity contribution >= 4 is 5.91 Å². The van der Waals surface area contributed by atoms with Crippen molar-refractivity contribution in [2.75, 3.05) is 39.8 Å². The normalized spacial score (nSPS) is 23.3. The molecule has 1 aromatic carbocycles. The fraction of sp³-hybridized carbons (Fsp3) is 0.731. The lowest BCUT2D eigenvalue weighted by Gasteiger charge is -2.30. The van der Waals surface area contributed by atoms with Gasteiger partial charge in [0, 0.05) is 62.9 Å². The number of rotatable bonds is 5. The minimum Gasteiger partial charge on any atom is -0.354 e. The van der Waals surface area contributed by atoms with E-state index < -0.39 is 0 Å². The van der Waals surface area contributed by atoms with E-state index >= 15 is 0 Å². The van der Waals surface area contributed by atoms with E-state index in [1.807, 2.05) is 0 Å². The molecule has 3 saturated heterocycles. The summed E-state index contributed by atoms with van der Waals surface area (Å²) in [6, 6.07) is 14.1. The second-order valence-corrected chi connectivity index (χ2v) is 10.2. The van der Waals surface area contributed by atoms with E-state index in [9.17, 15) is 4.79 Å². The average Bonchev–Trinajstić information content (AvgIpc) is 3.39. The van der Waals surface area contributed by atoms with Gasteiger partial charge in [-0.3, -0.25) is 19.5 Å². The minimum atomic E-state index is 0.153. The summed E-state index contributed by atoms with van der Waals surface area (Å²) in [6.45, 7) is 19.1. The lowest BCUT2D eigenvalue weighted by atomic mass is 10.2. The molecule has 0 saturated carbocycles. The second kappa shape index (κ2) is 13.3. The quantitative estimate of drug-likeness (QED) is 0.730. The van der Waals surface area contributed by atoms with Crippen LogP contribution in [-0.4, -0.2) is 90.6 Å². The van der Waals surface area contributed by atoms with Gasteiger partial charge in [0.15, 0.2) is 0 Å². The maximum absolute atomic E-state index is 10.8. The van der Waals surface area contributed by atoms with E-state index in [1.54, 1.807) is 0 Å². The Labute approximate surface area is 196 Å². The van der Waals surface area contributed by atoms with Crippen LogP contribution in [0.4, 0.5) is 0 Å². The summed E-state index contributed by atoms with van der Waals surface area (Å²) in [5.74, 6) is 0.153. The van der Waals surface area contributed by atoms with Gasteiger partial charge in [-0.25, -0.2) is 0 Å². The van der Waals surface area contributed by atoms with Gasteiger partial charge < -0.3 is 10.6 Å². The number of hydrogen-bond acceptors (Lipinski definition) is 5. The zero-order valence-corrected chi connectivity index (χ0v) is 21.5. The molecule has 1 aromatic rings. The van der Waals surface area contributed by atoms with Gasteiger partial charge in [0.2, 0.25) is 5.91 Å². The van der Waals surface area contributed by atoms with Crippen molar-refractivity contribution in [3.63, 3.8) is 0 Å². The van der Waals surface area contributed by atoms with Crippen LogP contribution in [0.1, 0.15) is 53.5 Å². The number of nitrogens with zero attached hydrogens (tertiary/aromatic N) is 3. The number of piperazine rings is 2. The third-order valence-electron chi connectivity index (χ3n) is 6.72. The molecule has 0 radical (unpaired) electrons. The number of amides is 1. The Morgan fingerprint density at radius 2 is 1.75 bits per heavy atom. The molecular weight excluding hydrogens is 398 g/mol. The van der Waals surface area contributed by atoms with Crippen molar-refractivity contribution in [3.05, 3.63) is 35.9 Å². The van der Waals surface area contributed by atoms with E-state index in [4.69, 9.17) is 0 Å². The molecule has 6 nitrogen and oxygen atoms in total. The number of carbonyl (C=O) groups is 1. The zero-order chi connectivity index (χ0) is 23.7. The van der Waals surface area contributed by atoms with Crippen LogP contribution in [0.15, 0.2) is 30.3 Å². The van der Waals surface area contributed by atoms with Crippen LogP contribution in [0.2, 0.25) is 0 Å². The molecule has 2 atom stereocenters. The first-order valence-corrected chi connectivity index (χ1v) is 12.4. The maximum Gasteiger partial charge on any atom is 0.234 e. The maximum atomic E-state index is 10.8. The van der Waals surface area contributed by atoms with Crippen molar-refractivity contribution < 1.29 is 4.79 Å². The fourth-order valence-corrected chi connectivity index (χ4v) is 4.38. The van der Waals surface area contributed by atoms with Crippen molar-refractivity contribution in [1.29, 1.82) is 0 Å². The van der Waals surface area contributed by atoms with Crippen LogP contribution in [-0.2, 0) is 11.3 Å². The molecule has 4 rings (SSSR count). The van der Waals surface area contributed by atoms with Crippen LogP contribution in [0.25, 0.3) is 0 Å². The third kappa shape index (κ3) is 8.81. The number of carbonyl (C=O) groups excluding carboxylic acids is 1. The topological polar surface area (TPSA) is 50.9 Å². The molecule has 6 heteroatoms. The molecule has 0 aliphatic carbocycles. The first kappa shape index (κ1) is 26.8. The minimum absolute atomic E-state index is 0.153. The molecule has 0 aromatic heterocycles. The number of nitrogens with one attached hydrogen (secondary N) is 2. The Morgan fingerprint density at radius 1 is 1.06 bits per heavy atom. The van der Waals surface area contributed by atoms with Crippen molar-refractivity contribution in [2.24, 2.45) is 0 Å². The van der Waals surface area contributed by atoms with E-state index in [1.165, 1.54) is 25.1 Å². The van der Waals surface area contributed by atoms with Gasteiger partial charge in [0.25, 0.3) is 0 Å². The van der Waals surface area contributed by atoms with Crippen LogP contribution in [0.3, 0.4) is 0 Å². The highest BCUT2D eigenvalue weighted by Crippen LogP contribution is 2.24. The summed E-state index contributed by atoms with van der Waals surface area (Å²) >= 11 is 0. The fourth-order valence-electron chi connectivity index (χ4n) is 4.38. The van der Waals surface area contributed by atoms with Crippen LogP contribution >= 0.6 is 0 Å². The predicted molar refractivity (Wildman–Crippen MR) is 135 cm³/mol. The molecular formula is C26H47N5O. The molecule has 3 aliphatic rings. The Balaban J connectivity index is 0.000000171. The molecule has 3 fully saturated rings. The summed E-state index contributed by atoms with van der Waals surface area (Å²) in [4.78, 5) is 17.9. The highest BCUT2D eigenvalue weighted by atomic mass is 16.2. The van der Waals surface area contributed by atoms with Gasteiger partial charge in [-0.15, -0.1) is 0 Å². The molecule has 0 unspecified atom stereocenters. The standard InChI is InChI=1S/C11H17N.C8H16N2.C7H14N2O/c1-10(2)12(3)9-11-7-5-4-6-8-11;1-6(2)10-5-7-3-8(10)4-9-7;1-6(2)9-4-3-8-7(10)5-9/h4-8,10H,9H2,1-3H3;6-9H,3-5H2,1-2H3;6H,3-5H2,1-2H3,(H,8,10)/t;7-,8-;/m.0./s1. The van der Waals surface area contributed by atoms with E-state index in [0.29, 0.717) is 18.6 Å². The van der Waals surface area contributed by atoms with Crippen LogP contribution in [0, 0.1) is 0 Å². The largest absolute Gasteiger partial charge is 0.354 e. The Kier molecular flexibility index (Phi) is 11.1. The van der Waals surface area contributed by atoms with E-state index in [0.717, 1.165) is 37.8 Å². The molecule has 3 aliphatic heterocycles. The SMILES string of the molecule is CC(C)N(C)Cc1ccccc1.CC(C)N1CCNC(=O)C1.CC(C)N1C[C@@H]2C[C@H]1CN2. The number of hydrogen-bond donors (Lipinski definition) is 2. The smallest absolute Gasteiger partial charge is 0.234 e. The first-order valence-electron chi connectivity index (χ1n) is 12.4. The molecule has 0 spiro atoms. The van der Waals surface area contributed by atoms with Gasteiger partial charge >= 0.3 is 0 Å². The van der Waals surface area contributed by atoms with Crippen molar-refractivity contribution in [2.45, 2.75) is 84.7 Å². The highest BCUT2D eigenvalue weighted by Gasteiger charge is 2.38. The summed E-state index contributed by atoms with van der Waals surface area (Å²) in [5, 5.41) is 6.29. The molecule has 2 bridgehead atoms. The van der Waals surface area contributed by atoms with Crippen LogP contribution in [0.5, 0.6) is 0 Å². The summed E-state index contributed by atoms with van der Waals surface area (Å²) in [7, 11) is 2.15. The van der Waals surface area contributed by atoms with Crippen molar-refractivity contribution in [1.82, 2.24) is 25.3 Å². The molecule has 2 N–H and O–H groups in total. The van der Waals surface area contributed by atoms with Gasteiger partial charge in [0.05, 0.1) is 6.54 Å². The monoisotopic (exact) mass is 445 g/mol. The third-order valence-corrected chi connectivity index (χ3v) is 6.72. The van der Waals surface area contributed by atoms with Gasteiger partial charge in [0.1, 0.15) is 0 Å². The molecule has 32 heavy (non-hydrogen) atoms. The van der Waals surface area contributed by atoms with E-state index in [2.05, 4.69) is 104 Å². The molecule has 3 heterocycles. The Morgan fingerprint density at radius 3 is 2.16 bits per heavy atom. The highest BCUT2D eigenvalue weighted by molar-refractivity contribution is 5.78. The predicted octanol–water partition coefficient (Wildman–Crippen LogP) is 2.79. The second-order valence-electron chi connectivity index (χ2n) is 10.2. The Hall–Kier alpha value is -1.47. The van der Waals surface area contributed by atoms with Gasteiger partial charge in [-0.1, -0.05) is 30.3 Å². The summed E-state index contributed by atoms with van der Waals surface area (Å²) in [5.41, 5.74) is 1.38. The van der Waals surface area contributed by atoms with Gasteiger partial charge in [-0.2, -0.15) is 0 Å². The Bertz CT molecular complexity index is 663. The zero-order valence-electron chi connectivity index (χ0n) is 21.5. The average molecular weight is 446 g/mol. The van der Waals surface area contributed by atoms with Gasteiger partial charge in [-0.05, 0) is 60.6 Å². The number of fused-ring (bicyclic) bond motifs is 2. The number of benzene rings is 1.